The second kappa shape index (κ2) is 9.34. The molecule has 1 rings (SSSR count). The molecule has 108 valence electrons. The fourth-order valence-electron chi connectivity index (χ4n) is 2.10. The van der Waals surface area contributed by atoms with E-state index in [1.807, 2.05) is 0 Å². The zero-order valence-electron chi connectivity index (χ0n) is 12.4. The van der Waals surface area contributed by atoms with Crippen LogP contribution in [-0.4, -0.2) is 37.4 Å². The molecule has 2 N–H and O–H groups in total. The fourth-order valence-corrected chi connectivity index (χ4v) is 13.8. The van der Waals surface area contributed by atoms with Crippen LogP contribution in [0.2, 0.25) is 15.9 Å². The fraction of sp³-hybridized carbons (Fsp3) is 0.533. The van der Waals surface area contributed by atoms with E-state index in [4.69, 9.17) is 10.2 Å². The van der Waals surface area contributed by atoms with Crippen molar-refractivity contribution in [3.05, 3.63) is 29.8 Å². The number of carboxylic acid groups (broad SMARTS) is 1. The normalized spacial score (nSPS) is 10.5. The first-order valence-corrected chi connectivity index (χ1v) is 18.0. The van der Waals surface area contributed by atoms with Crippen molar-refractivity contribution in [3.8, 4) is 5.75 Å². The van der Waals surface area contributed by atoms with Crippen molar-refractivity contribution >= 4 is 27.1 Å². The van der Waals surface area contributed by atoms with E-state index in [-0.39, 0.29) is 11.3 Å². The van der Waals surface area contributed by atoms with Crippen LogP contribution in [-0.2, 0) is 0 Å². The molecule has 0 amide bonds. The molecule has 3 nitrogen and oxygen atoms in total. The molecule has 0 atom stereocenters. The Morgan fingerprint density at radius 2 is 1.32 bits per heavy atom. The number of phenolic OH excluding ortho intramolecular Hbond substituents is 1. The van der Waals surface area contributed by atoms with Gasteiger partial charge in [0.05, 0.1) is 5.56 Å². The number of rotatable bonds is 5. The third kappa shape index (κ3) is 6.40. The van der Waals surface area contributed by atoms with Crippen molar-refractivity contribution in [1.82, 2.24) is 0 Å². The number of carbonyl (C=O) groups is 1. The summed E-state index contributed by atoms with van der Waals surface area (Å²) in [5.74, 6) is -0.912. The third-order valence-electron chi connectivity index (χ3n) is 4.11. The SMILES string of the molecule is C[CH2][Pb]([CH2]C)([CH2]C)[CH2]C.O=C(O)c1ccc(O)cc1. The van der Waals surface area contributed by atoms with E-state index in [0.717, 1.165) is 0 Å². The van der Waals surface area contributed by atoms with Crippen molar-refractivity contribution in [2.24, 2.45) is 0 Å². The van der Waals surface area contributed by atoms with Gasteiger partial charge in [0.2, 0.25) is 0 Å². The van der Waals surface area contributed by atoms with Gasteiger partial charge in [0, 0.05) is 0 Å². The van der Waals surface area contributed by atoms with Crippen LogP contribution in [0, 0.1) is 0 Å². The Bertz CT molecular complexity index is 352. The molecule has 0 fully saturated rings. The Morgan fingerprint density at radius 1 is 0.947 bits per heavy atom. The first-order valence-electron chi connectivity index (χ1n) is 6.97. The number of aromatic hydroxyl groups is 1. The molecule has 0 aliphatic rings. The molecule has 19 heavy (non-hydrogen) atoms. The number of hydrogen-bond donors (Lipinski definition) is 2. The van der Waals surface area contributed by atoms with E-state index < -0.39 is 27.1 Å². The Morgan fingerprint density at radius 3 is 1.53 bits per heavy atom. The van der Waals surface area contributed by atoms with Crippen LogP contribution in [0.4, 0.5) is 0 Å². The van der Waals surface area contributed by atoms with Gasteiger partial charge in [-0.3, -0.25) is 0 Å². The van der Waals surface area contributed by atoms with Crippen LogP contribution in [0.15, 0.2) is 24.3 Å². The number of phenols is 1. The van der Waals surface area contributed by atoms with Gasteiger partial charge in [0.25, 0.3) is 0 Å². The Hall–Kier alpha value is -0.588. The Kier molecular flexibility index (Phi) is 9.05. The zero-order chi connectivity index (χ0) is 14.9. The summed E-state index contributed by atoms with van der Waals surface area (Å²) in [6.07, 6.45) is 0. The van der Waals surface area contributed by atoms with Crippen LogP contribution in [0.5, 0.6) is 5.75 Å². The largest absolute Gasteiger partial charge is 0.508 e. The first-order chi connectivity index (χ1) is 8.94. The van der Waals surface area contributed by atoms with Crippen LogP contribution in [0.1, 0.15) is 38.1 Å². The van der Waals surface area contributed by atoms with Crippen LogP contribution >= 0.6 is 0 Å². The molecule has 0 aliphatic carbocycles. The van der Waals surface area contributed by atoms with E-state index in [1.165, 1.54) is 24.3 Å². The number of hydrogen-bond acceptors (Lipinski definition) is 2. The maximum absolute atomic E-state index is 10.2. The summed E-state index contributed by atoms with van der Waals surface area (Å²) in [4.78, 5) is 10.2. The van der Waals surface area contributed by atoms with Crippen LogP contribution in [0.3, 0.4) is 0 Å². The second-order valence-electron chi connectivity index (χ2n) is 4.77. The molecular formula is C15H26O3Pb. The Labute approximate surface area is 121 Å². The smallest absolute Gasteiger partial charge is 0.335 e. The van der Waals surface area contributed by atoms with Gasteiger partial charge in [-0.1, -0.05) is 0 Å². The van der Waals surface area contributed by atoms with Crippen LogP contribution < -0.4 is 0 Å². The summed E-state index contributed by atoms with van der Waals surface area (Å²) >= 11 is -1.51. The van der Waals surface area contributed by atoms with Gasteiger partial charge in [0.1, 0.15) is 5.75 Å². The molecule has 0 saturated carbocycles. The van der Waals surface area contributed by atoms with E-state index in [9.17, 15) is 4.79 Å². The summed E-state index contributed by atoms with van der Waals surface area (Å²) in [7, 11) is 0. The molecule has 0 heterocycles. The summed E-state index contributed by atoms with van der Waals surface area (Å²) < 4.78 is 6.26. The van der Waals surface area contributed by atoms with Gasteiger partial charge in [-0.15, -0.1) is 0 Å². The molecule has 0 bridgehead atoms. The predicted molar refractivity (Wildman–Crippen MR) is 82.7 cm³/mol. The van der Waals surface area contributed by atoms with Gasteiger partial charge < -0.3 is 10.2 Å². The molecule has 0 radical (unpaired) electrons. The second-order valence-corrected chi connectivity index (χ2v) is 27.4. The molecule has 1 aromatic carbocycles. The molecular weight excluding hydrogens is 435 g/mol. The van der Waals surface area contributed by atoms with E-state index >= 15 is 0 Å². The summed E-state index contributed by atoms with van der Waals surface area (Å²) in [5.41, 5.74) is 0.179. The van der Waals surface area contributed by atoms with Crippen molar-refractivity contribution in [2.75, 3.05) is 0 Å². The number of aromatic carboxylic acids is 1. The van der Waals surface area contributed by atoms with Crippen LogP contribution in [0.25, 0.3) is 0 Å². The minimum atomic E-state index is -1.51. The zero-order valence-corrected chi connectivity index (χ0v) is 16.3. The minimum Gasteiger partial charge on any atom is -0.508 e. The van der Waals surface area contributed by atoms with Crippen molar-refractivity contribution in [3.63, 3.8) is 0 Å². The summed E-state index contributed by atoms with van der Waals surface area (Å²) in [6, 6.07) is 5.36. The monoisotopic (exact) mass is 462 g/mol. The molecule has 0 unspecified atom stereocenters. The predicted octanol–water partition coefficient (Wildman–Crippen LogP) is 4.61. The van der Waals surface area contributed by atoms with E-state index in [2.05, 4.69) is 27.7 Å². The minimum absolute atomic E-state index is 0.0741. The van der Waals surface area contributed by atoms with Crippen molar-refractivity contribution < 1.29 is 15.0 Å². The maximum atomic E-state index is 10.2. The topological polar surface area (TPSA) is 57.5 Å². The maximum Gasteiger partial charge on any atom is 0.335 e. The van der Waals surface area contributed by atoms with E-state index in [1.54, 1.807) is 15.9 Å². The standard InChI is InChI=1S/C7H6O3.4C2H5.Pb/c8-6-3-1-5(2-4-6)7(9)10;4*1-2;/h1-4,8H,(H,9,10);4*1H2,2H3;. The molecule has 1 aromatic rings. The van der Waals surface area contributed by atoms with Gasteiger partial charge >= 0.3 is 70.8 Å². The summed E-state index contributed by atoms with van der Waals surface area (Å²) in [6.45, 7) is 9.60. The average molecular weight is 462 g/mol. The van der Waals surface area contributed by atoms with Gasteiger partial charge in [0.15, 0.2) is 0 Å². The van der Waals surface area contributed by atoms with Gasteiger partial charge in [-0.25, -0.2) is 4.79 Å². The number of benzene rings is 1. The Balaban J connectivity index is 0.000000344. The van der Waals surface area contributed by atoms with E-state index in [0.29, 0.717) is 0 Å². The number of carboxylic acids is 1. The van der Waals surface area contributed by atoms with Gasteiger partial charge in [-0.2, -0.15) is 0 Å². The first kappa shape index (κ1) is 18.4. The third-order valence-corrected chi connectivity index (χ3v) is 27.4. The average Bonchev–Trinajstić information content (AvgIpc) is 2.43. The van der Waals surface area contributed by atoms with Crippen molar-refractivity contribution in [2.45, 2.75) is 43.6 Å². The molecule has 0 spiro atoms. The molecule has 0 aliphatic heterocycles. The van der Waals surface area contributed by atoms with Crippen molar-refractivity contribution in [1.29, 1.82) is 0 Å². The molecule has 4 heteroatoms. The molecule has 0 aromatic heterocycles. The summed E-state index contributed by atoms with van der Waals surface area (Å²) in [5, 5.41) is 17.1. The quantitative estimate of drug-likeness (QED) is 0.630. The molecule has 0 saturated heterocycles. The van der Waals surface area contributed by atoms with Gasteiger partial charge in [-0.05, 0) is 24.3 Å².